The van der Waals surface area contributed by atoms with Crippen molar-refractivity contribution in [2.24, 2.45) is 5.73 Å². The van der Waals surface area contributed by atoms with E-state index >= 15 is 0 Å². The molecule has 5 nitrogen and oxygen atoms in total. The average molecular weight is 302 g/mol. The molecule has 0 aromatic rings. The third-order valence-electron chi connectivity index (χ3n) is 4.11. The molecule has 2 unspecified atom stereocenters. The molecule has 0 aromatic heterocycles. The van der Waals surface area contributed by atoms with Gasteiger partial charge in [0.2, 0.25) is 0 Å². The molecule has 0 saturated carbocycles. The molecule has 5 heteroatoms. The van der Waals surface area contributed by atoms with Gasteiger partial charge in [0.15, 0.2) is 6.29 Å². The molecular weight excluding hydrogens is 268 g/mol. The zero-order chi connectivity index (χ0) is 15.5. The topological polar surface area (TPSA) is 68.0 Å². The lowest BCUT2D eigenvalue weighted by Gasteiger charge is -2.32. The molecule has 0 aromatic carbocycles. The lowest BCUT2D eigenvalue weighted by atomic mass is 10.1. The van der Waals surface area contributed by atoms with Gasteiger partial charge in [-0.25, -0.2) is 0 Å². The largest absolute Gasteiger partial charge is 0.388 e. The number of ether oxygens (including phenoxy) is 2. The van der Waals surface area contributed by atoms with Gasteiger partial charge in [0.1, 0.15) is 6.10 Å². The van der Waals surface area contributed by atoms with Crippen LogP contribution >= 0.6 is 0 Å². The van der Waals surface area contributed by atoms with Crippen LogP contribution in [-0.4, -0.2) is 61.3 Å². The summed E-state index contributed by atoms with van der Waals surface area (Å²) in [6.07, 6.45) is 5.75. The molecule has 126 valence electrons. The van der Waals surface area contributed by atoms with Crippen LogP contribution in [0.2, 0.25) is 0 Å². The molecule has 1 fully saturated rings. The second kappa shape index (κ2) is 11.4. The first-order valence-corrected chi connectivity index (χ1v) is 8.55. The smallest absolute Gasteiger partial charge is 0.183 e. The van der Waals surface area contributed by atoms with Crippen molar-refractivity contribution in [2.45, 2.75) is 70.9 Å². The highest BCUT2D eigenvalue weighted by Gasteiger charge is 2.28. The Kier molecular flexibility index (Phi) is 10.2. The van der Waals surface area contributed by atoms with Crippen molar-refractivity contribution in [3.8, 4) is 0 Å². The average Bonchev–Trinajstić information content (AvgIpc) is 2.48. The number of nitrogens with two attached hydrogens (primary N) is 1. The van der Waals surface area contributed by atoms with Crippen LogP contribution < -0.4 is 5.73 Å². The molecular formula is C16H34N2O3. The van der Waals surface area contributed by atoms with Crippen molar-refractivity contribution in [1.82, 2.24) is 4.90 Å². The standard InChI is InChI=1S/C16H34N2O3/c1-3-18(11-7-5-4-6-10-17)12-13-20-16-15(19)9-8-14(2)21-16/h14-16,19H,3-13,17H2,1-2H3/t14-,15?,16?/m0/s1. The second-order valence-electron chi connectivity index (χ2n) is 5.97. The van der Waals surface area contributed by atoms with E-state index in [0.717, 1.165) is 45.4 Å². The van der Waals surface area contributed by atoms with Crippen LogP contribution in [-0.2, 0) is 9.47 Å². The highest BCUT2D eigenvalue weighted by atomic mass is 16.7. The van der Waals surface area contributed by atoms with Gasteiger partial charge in [-0.2, -0.15) is 0 Å². The van der Waals surface area contributed by atoms with E-state index in [9.17, 15) is 5.11 Å². The summed E-state index contributed by atoms with van der Waals surface area (Å²) in [6, 6.07) is 0. The van der Waals surface area contributed by atoms with Crippen molar-refractivity contribution >= 4 is 0 Å². The Morgan fingerprint density at radius 2 is 1.95 bits per heavy atom. The van der Waals surface area contributed by atoms with E-state index in [1.807, 2.05) is 6.92 Å². The number of aliphatic hydroxyl groups excluding tert-OH is 1. The van der Waals surface area contributed by atoms with Gasteiger partial charge < -0.3 is 25.2 Å². The fourth-order valence-electron chi connectivity index (χ4n) is 2.64. The first kappa shape index (κ1) is 18.8. The van der Waals surface area contributed by atoms with Gasteiger partial charge in [0.25, 0.3) is 0 Å². The Bertz CT molecular complexity index is 254. The number of rotatable bonds is 11. The Morgan fingerprint density at radius 3 is 2.67 bits per heavy atom. The summed E-state index contributed by atoms with van der Waals surface area (Å²) in [5.74, 6) is 0. The van der Waals surface area contributed by atoms with Crippen molar-refractivity contribution in [2.75, 3.05) is 32.8 Å². The Hall–Kier alpha value is -0.200. The SMILES string of the molecule is CCN(CCCCCCN)CCOC1O[C@@H](C)CCC1O. The summed E-state index contributed by atoms with van der Waals surface area (Å²) in [4.78, 5) is 2.39. The molecule has 21 heavy (non-hydrogen) atoms. The zero-order valence-corrected chi connectivity index (χ0v) is 13.8. The van der Waals surface area contributed by atoms with Crippen molar-refractivity contribution in [3.05, 3.63) is 0 Å². The molecule has 1 aliphatic rings. The summed E-state index contributed by atoms with van der Waals surface area (Å²) in [5.41, 5.74) is 5.50. The predicted octanol–water partition coefficient (Wildman–Crippen LogP) is 1.73. The van der Waals surface area contributed by atoms with E-state index in [2.05, 4.69) is 11.8 Å². The van der Waals surface area contributed by atoms with Crippen molar-refractivity contribution in [1.29, 1.82) is 0 Å². The third-order valence-corrected chi connectivity index (χ3v) is 4.11. The minimum atomic E-state index is -0.479. The second-order valence-corrected chi connectivity index (χ2v) is 5.97. The van der Waals surface area contributed by atoms with Gasteiger partial charge in [-0.1, -0.05) is 19.8 Å². The molecule has 1 heterocycles. The van der Waals surface area contributed by atoms with Crippen LogP contribution in [0.3, 0.4) is 0 Å². The molecule has 0 spiro atoms. The zero-order valence-electron chi connectivity index (χ0n) is 13.8. The lowest BCUT2D eigenvalue weighted by Crippen LogP contribution is -2.41. The summed E-state index contributed by atoms with van der Waals surface area (Å²) < 4.78 is 11.3. The Morgan fingerprint density at radius 1 is 1.19 bits per heavy atom. The van der Waals surface area contributed by atoms with E-state index in [0.29, 0.717) is 6.61 Å². The van der Waals surface area contributed by atoms with Crippen LogP contribution in [0.4, 0.5) is 0 Å². The van der Waals surface area contributed by atoms with Gasteiger partial charge in [-0.05, 0) is 52.2 Å². The molecule has 3 atom stereocenters. The third kappa shape index (κ3) is 8.12. The lowest BCUT2D eigenvalue weighted by molar-refractivity contribution is -0.237. The number of unbranched alkanes of at least 4 members (excludes halogenated alkanes) is 3. The monoisotopic (exact) mass is 302 g/mol. The number of likely N-dealkylation sites (N-methyl/N-ethyl adjacent to an activating group) is 1. The van der Waals surface area contributed by atoms with Crippen molar-refractivity contribution < 1.29 is 14.6 Å². The van der Waals surface area contributed by atoms with Gasteiger partial charge in [0, 0.05) is 6.54 Å². The number of hydrogen-bond acceptors (Lipinski definition) is 5. The molecule has 0 aliphatic carbocycles. The normalized spacial score (nSPS) is 26.4. The van der Waals surface area contributed by atoms with E-state index < -0.39 is 12.4 Å². The molecule has 1 aliphatic heterocycles. The first-order chi connectivity index (χ1) is 10.2. The van der Waals surface area contributed by atoms with Gasteiger partial charge in [-0.15, -0.1) is 0 Å². The minimum Gasteiger partial charge on any atom is -0.388 e. The summed E-state index contributed by atoms with van der Waals surface area (Å²) in [5, 5.41) is 9.86. The maximum atomic E-state index is 9.86. The molecule has 0 amide bonds. The van der Waals surface area contributed by atoms with Crippen LogP contribution in [0, 0.1) is 0 Å². The quantitative estimate of drug-likeness (QED) is 0.569. The van der Waals surface area contributed by atoms with Crippen LogP contribution in [0.5, 0.6) is 0 Å². The maximum absolute atomic E-state index is 9.86. The summed E-state index contributed by atoms with van der Waals surface area (Å²) >= 11 is 0. The van der Waals surface area contributed by atoms with E-state index in [1.54, 1.807) is 0 Å². The fraction of sp³-hybridized carbons (Fsp3) is 1.00. The van der Waals surface area contributed by atoms with Crippen LogP contribution in [0.15, 0.2) is 0 Å². The Balaban J connectivity index is 2.10. The fourth-order valence-corrected chi connectivity index (χ4v) is 2.64. The van der Waals surface area contributed by atoms with Crippen LogP contribution in [0.1, 0.15) is 52.4 Å². The van der Waals surface area contributed by atoms with Gasteiger partial charge in [0.05, 0.1) is 12.7 Å². The molecule has 0 radical (unpaired) electrons. The summed E-state index contributed by atoms with van der Waals surface area (Å²) in [7, 11) is 0. The van der Waals surface area contributed by atoms with E-state index in [4.69, 9.17) is 15.2 Å². The van der Waals surface area contributed by atoms with Crippen molar-refractivity contribution in [3.63, 3.8) is 0 Å². The molecule has 3 N–H and O–H groups in total. The Labute approximate surface area is 129 Å². The molecule has 1 saturated heterocycles. The minimum absolute atomic E-state index is 0.184. The van der Waals surface area contributed by atoms with Crippen LogP contribution in [0.25, 0.3) is 0 Å². The highest BCUT2D eigenvalue weighted by molar-refractivity contribution is 4.70. The molecule has 1 rings (SSSR count). The first-order valence-electron chi connectivity index (χ1n) is 8.55. The number of nitrogens with zero attached hydrogens (tertiary/aromatic N) is 1. The van der Waals surface area contributed by atoms with Gasteiger partial charge in [-0.3, -0.25) is 0 Å². The number of aliphatic hydroxyl groups is 1. The maximum Gasteiger partial charge on any atom is 0.183 e. The highest BCUT2D eigenvalue weighted by Crippen LogP contribution is 2.20. The van der Waals surface area contributed by atoms with E-state index in [1.165, 1.54) is 19.3 Å². The van der Waals surface area contributed by atoms with Gasteiger partial charge >= 0.3 is 0 Å². The summed E-state index contributed by atoms with van der Waals surface area (Å²) in [6.45, 7) is 8.66. The van der Waals surface area contributed by atoms with E-state index in [-0.39, 0.29) is 6.10 Å². The molecule has 0 bridgehead atoms. The number of hydrogen-bond donors (Lipinski definition) is 2. The predicted molar refractivity (Wildman–Crippen MR) is 85.2 cm³/mol.